The molecule has 1 saturated carbocycles. The molecule has 1 aliphatic carbocycles. The Labute approximate surface area is 138 Å². The van der Waals surface area contributed by atoms with Gasteiger partial charge in [0.1, 0.15) is 0 Å². The molecular weight excluding hydrogens is 266 g/mol. The Bertz CT molecular complexity index is 448. The lowest BCUT2D eigenvalue weighted by Crippen LogP contribution is -2.41. The van der Waals surface area contributed by atoms with Gasteiger partial charge in [-0.2, -0.15) is 0 Å². The summed E-state index contributed by atoms with van der Waals surface area (Å²) < 4.78 is 0. The second kappa shape index (κ2) is 7.17. The molecule has 0 radical (unpaired) electrons. The lowest BCUT2D eigenvalue weighted by molar-refractivity contribution is 0.112. The van der Waals surface area contributed by atoms with Crippen molar-refractivity contribution in [2.45, 2.75) is 72.3 Å². The molecule has 0 amide bonds. The molecule has 0 spiro atoms. The molecule has 1 aliphatic rings. The van der Waals surface area contributed by atoms with E-state index < -0.39 is 0 Å². The minimum atomic E-state index is 0.251. The predicted molar refractivity (Wildman–Crippen MR) is 97.4 cm³/mol. The number of hydrogen-bond acceptors (Lipinski definition) is 1. The van der Waals surface area contributed by atoms with E-state index in [0.717, 1.165) is 11.8 Å². The van der Waals surface area contributed by atoms with Gasteiger partial charge in [0, 0.05) is 12.6 Å². The molecule has 1 heteroatoms. The van der Waals surface area contributed by atoms with Crippen LogP contribution in [0.15, 0.2) is 24.3 Å². The van der Waals surface area contributed by atoms with Crippen LogP contribution >= 0.6 is 0 Å². The van der Waals surface area contributed by atoms with Crippen molar-refractivity contribution < 1.29 is 0 Å². The molecular formula is C21H35N. The third-order valence-corrected chi connectivity index (χ3v) is 5.34. The predicted octanol–water partition coefficient (Wildman–Crippen LogP) is 5.28. The maximum Gasteiger partial charge on any atom is 0.0107 e. The molecule has 0 saturated heterocycles. The molecule has 0 bridgehead atoms. The van der Waals surface area contributed by atoms with Crippen LogP contribution in [0.1, 0.15) is 65.5 Å². The highest BCUT2D eigenvalue weighted by Crippen LogP contribution is 2.34. The van der Waals surface area contributed by atoms with Crippen molar-refractivity contribution in [3.05, 3.63) is 35.4 Å². The van der Waals surface area contributed by atoms with Gasteiger partial charge in [0.25, 0.3) is 0 Å². The van der Waals surface area contributed by atoms with E-state index in [9.17, 15) is 0 Å². The molecule has 1 nitrogen and oxygen atoms in total. The average Bonchev–Trinajstić information content (AvgIpc) is 2.41. The van der Waals surface area contributed by atoms with E-state index in [4.69, 9.17) is 0 Å². The molecule has 0 aliphatic heterocycles. The van der Waals surface area contributed by atoms with Gasteiger partial charge in [0.2, 0.25) is 0 Å². The van der Waals surface area contributed by atoms with Gasteiger partial charge in [-0.15, -0.1) is 0 Å². The van der Waals surface area contributed by atoms with Gasteiger partial charge in [0.05, 0.1) is 0 Å². The van der Waals surface area contributed by atoms with Crippen LogP contribution in [-0.4, -0.2) is 24.0 Å². The van der Waals surface area contributed by atoms with E-state index in [1.165, 1.54) is 43.5 Å². The summed E-state index contributed by atoms with van der Waals surface area (Å²) in [6, 6.07) is 9.92. The quantitative estimate of drug-likeness (QED) is 0.690. The number of nitrogens with zero attached hydrogens (tertiary/aromatic N) is 1. The maximum atomic E-state index is 2.67. The molecule has 22 heavy (non-hydrogen) atoms. The fraction of sp³-hybridized carbons (Fsp3) is 0.714. The van der Waals surface area contributed by atoms with E-state index in [0.29, 0.717) is 6.04 Å². The summed E-state index contributed by atoms with van der Waals surface area (Å²) in [7, 11) is 0. The lowest BCUT2D eigenvalue weighted by Gasteiger charge is -2.39. The summed E-state index contributed by atoms with van der Waals surface area (Å²) in [5, 5.41) is 0. The van der Waals surface area contributed by atoms with Crippen molar-refractivity contribution in [3.63, 3.8) is 0 Å². The number of benzene rings is 1. The van der Waals surface area contributed by atoms with E-state index in [1.807, 2.05) is 0 Å². The van der Waals surface area contributed by atoms with E-state index >= 15 is 0 Å². The summed E-state index contributed by atoms with van der Waals surface area (Å²) >= 11 is 0. The second-order valence-corrected chi connectivity index (χ2v) is 8.53. The Morgan fingerprint density at radius 1 is 1.14 bits per heavy atom. The van der Waals surface area contributed by atoms with Gasteiger partial charge >= 0.3 is 0 Å². The van der Waals surface area contributed by atoms with E-state index in [1.54, 1.807) is 0 Å². The van der Waals surface area contributed by atoms with Gasteiger partial charge in [0.15, 0.2) is 0 Å². The molecule has 1 fully saturated rings. The maximum absolute atomic E-state index is 2.67. The van der Waals surface area contributed by atoms with E-state index in [2.05, 4.69) is 70.7 Å². The SMILES string of the molecule is CCN(C[C@H]1C[C@H](C)C1)C(C)Cc1ccc(C(C)(C)C)cc1. The normalized spacial score (nSPS) is 23.4. The van der Waals surface area contributed by atoms with Crippen molar-refractivity contribution in [3.8, 4) is 0 Å². The third kappa shape index (κ3) is 4.59. The first-order valence-corrected chi connectivity index (χ1v) is 9.13. The summed E-state index contributed by atoms with van der Waals surface area (Å²) in [4.78, 5) is 2.67. The standard InChI is InChI=1S/C21H35N/c1-7-22(15-19-12-16(2)13-19)17(3)14-18-8-10-20(11-9-18)21(4,5)6/h8-11,16-17,19H,7,12-15H2,1-6H3/t16-,17?,19-. The van der Waals surface area contributed by atoms with Gasteiger partial charge in [-0.05, 0) is 61.1 Å². The van der Waals surface area contributed by atoms with Crippen molar-refractivity contribution in [1.29, 1.82) is 0 Å². The zero-order chi connectivity index (χ0) is 16.3. The number of rotatable bonds is 6. The van der Waals surface area contributed by atoms with Crippen LogP contribution in [0.5, 0.6) is 0 Å². The molecule has 0 heterocycles. The zero-order valence-electron chi connectivity index (χ0n) is 15.5. The molecule has 1 unspecified atom stereocenters. The molecule has 0 N–H and O–H groups in total. The molecule has 1 aromatic carbocycles. The summed E-state index contributed by atoms with van der Waals surface area (Å²) in [6.07, 6.45) is 4.04. The average molecular weight is 302 g/mol. The Balaban J connectivity index is 1.90. The highest BCUT2D eigenvalue weighted by molar-refractivity contribution is 5.27. The van der Waals surface area contributed by atoms with Crippen LogP contribution in [0.2, 0.25) is 0 Å². The molecule has 124 valence electrons. The minimum absolute atomic E-state index is 0.251. The van der Waals surface area contributed by atoms with Crippen molar-refractivity contribution in [1.82, 2.24) is 4.90 Å². The Morgan fingerprint density at radius 2 is 1.73 bits per heavy atom. The molecule has 0 aromatic heterocycles. The Hall–Kier alpha value is -0.820. The number of likely N-dealkylation sites (N-methyl/N-ethyl adjacent to an activating group) is 1. The monoisotopic (exact) mass is 301 g/mol. The second-order valence-electron chi connectivity index (χ2n) is 8.53. The van der Waals surface area contributed by atoms with Crippen LogP contribution in [-0.2, 0) is 11.8 Å². The Kier molecular flexibility index (Phi) is 5.71. The first-order valence-electron chi connectivity index (χ1n) is 9.13. The first kappa shape index (κ1) is 17.5. The van der Waals surface area contributed by atoms with Crippen LogP contribution < -0.4 is 0 Å². The lowest BCUT2D eigenvalue weighted by atomic mass is 9.76. The van der Waals surface area contributed by atoms with E-state index in [-0.39, 0.29) is 5.41 Å². The highest BCUT2D eigenvalue weighted by atomic mass is 15.1. The van der Waals surface area contributed by atoms with Crippen LogP contribution in [0.4, 0.5) is 0 Å². The largest absolute Gasteiger partial charge is 0.300 e. The fourth-order valence-electron chi connectivity index (χ4n) is 3.78. The van der Waals surface area contributed by atoms with Gasteiger partial charge in [-0.25, -0.2) is 0 Å². The number of hydrogen-bond donors (Lipinski definition) is 0. The van der Waals surface area contributed by atoms with Crippen molar-refractivity contribution >= 4 is 0 Å². The highest BCUT2D eigenvalue weighted by Gasteiger charge is 2.28. The smallest absolute Gasteiger partial charge is 0.0107 e. The molecule has 2 rings (SSSR count). The van der Waals surface area contributed by atoms with Crippen LogP contribution in [0.3, 0.4) is 0 Å². The molecule has 1 atom stereocenters. The summed E-state index contributed by atoms with van der Waals surface area (Å²) in [5.41, 5.74) is 3.15. The minimum Gasteiger partial charge on any atom is -0.300 e. The summed E-state index contributed by atoms with van der Waals surface area (Å²) in [5.74, 6) is 1.91. The summed E-state index contributed by atoms with van der Waals surface area (Å²) in [6.45, 7) is 16.4. The van der Waals surface area contributed by atoms with Crippen LogP contribution in [0, 0.1) is 11.8 Å². The van der Waals surface area contributed by atoms with Crippen LogP contribution in [0.25, 0.3) is 0 Å². The fourth-order valence-corrected chi connectivity index (χ4v) is 3.78. The third-order valence-electron chi connectivity index (χ3n) is 5.34. The van der Waals surface area contributed by atoms with Gasteiger partial charge in [-0.3, -0.25) is 0 Å². The van der Waals surface area contributed by atoms with Crippen molar-refractivity contribution in [2.24, 2.45) is 11.8 Å². The zero-order valence-corrected chi connectivity index (χ0v) is 15.5. The topological polar surface area (TPSA) is 3.24 Å². The molecule has 1 aromatic rings. The first-order chi connectivity index (χ1) is 10.3. The van der Waals surface area contributed by atoms with Crippen molar-refractivity contribution in [2.75, 3.05) is 13.1 Å². The van der Waals surface area contributed by atoms with Gasteiger partial charge in [-0.1, -0.05) is 58.9 Å². The van der Waals surface area contributed by atoms with Gasteiger partial charge < -0.3 is 4.90 Å². The Morgan fingerprint density at radius 3 is 2.18 bits per heavy atom.